The monoisotopic (exact) mass is 272 g/mol. The molecule has 0 aliphatic heterocycles. The summed E-state index contributed by atoms with van der Waals surface area (Å²) in [4.78, 5) is 25.1. The Kier molecular flexibility index (Phi) is 8.59. The number of carbonyl (C=O) groups excluding carboxylic acids is 2. The highest BCUT2D eigenvalue weighted by molar-refractivity contribution is 5.79. The molecule has 19 heavy (non-hydrogen) atoms. The smallest absolute Gasteiger partial charge is 0.236 e. The first-order chi connectivity index (χ1) is 8.88. The molecule has 0 spiro atoms. The van der Waals surface area contributed by atoms with E-state index in [4.69, 9.17) is 4.74 Å². The van der Waals surface area contributed by atoms with Gasteiger partial charge < -0.3 is 15.0 Å². The lowest BCUT2D eigenvalue weighted by atomic mass is 9.90. The molecule has 0 aromatic carbocycles. The van der Waals surface area contributed by atoms with E-state index in [2.05, 4.69) is 19.2 Å². The van der Waals surface area contributed by atoms with E-state index in [0.29, 0.717) is 13.0 Å². The third kappa shape index (κ3) is 5.70. The molecule has 0 bridgehead atoms. The Balaban J connectivity index is 5.06. The van der Waals surface area contributed by atoms with Crippen LogP contribution in [0.5, 0.6) is 0 Å². The number of Topliss-reactive ketones (excluding diaryl/α,β-unsaturated/α-hetero) is 1. The molecule has 5 nitrogen and oxygen atoms in total. The lowest BCUT2D eigenvalue weighted by Gasteiger charge is -2.37. The van der Waals surface area contributed by atoms with E-state index in [9.17, 15) is 9.59 Å². The molecule has 1 amide bonds. The fraction of sp³-hybridized carbons (Fsp3) is 0.857. The van der Waals surface area contributed by atoms with Gasteiger partial charge in [-0.3, -0.25) is 9.59 Å². The SMILES string of the molecule is CCC(C)C(C(CC(C)=O)OC)N(C)C(=O)CNC. The summed E-state index contributed by atoms with van der Waals surface area (Å²) in [6.07, 6.45) is 1.01. The van der Waals surface area contributed by atoms with Gasteiger partial charge in [-0.05, 0) is 19.9 Å². The van der Waals surface area contributed by atoms with Crippen molar-refractivity contribution in [2.45, 2.75) is 45.8 Å². The number of hydrogen-bond acceptors (Lipinski definition) is 4. The maximum Gasteiger partial charge on any atom is 0.236 e. The van der Waals surface area contributed by atoms with Gasteiger partial charge >= 0.3 is 0 Å². The van der Waals surface area contributed by atoms with Crippen LogP contribution in [0.25, 0.3) is 0 Å². The van der Waals surface area contributed by atoms with E-state index in [-0.39, 0.29) is 29.8 Å². The average Bonchev–Trinajstić information content (AvgIpc) is 2.36. The van der Waals surface area contributed by atoms with E-state index < -0.39 is 0 Å². The van der Waals surface area contributed by atoms with Crippen molar-refractivity contribution < 1.29 is 14.3 Å². The second kappa shape index (κ2) is 9.04. The first-order valence-electron chi connectivity index (χ1n) is 6.81. The highest BCUT2D eigenvalue weighted by Gasteiger charge is 2.32. The fourth-order valence-corrected chi connectivity index (χ4v) is 2.31. The number of ketones is 1. The summed E-state index contributed by atoms with van der Waals surface area (Å²) in [6, 6.07) is -0.0836. The molecule has 0 aromatic rings. The Morgan fingerprint density at radius 3 is 2.32 bits per heavy atom. The third-order valence-electron chi connectivity index (χ3n) is 3.57. The molecule has 0 fully saturated rings. The zero-order chi connectivity index (χ0) is 15.0. The molecule has 112 valence electrons. The first kappa shape index (κ1) is 18.1. The summed E-state index contributed by atoms with van der Waals surface area (Å²) < 4.78 is 5.46. The summed E-state index contributed by atoms with van der Waals surface area (Å²) >= 11 is 0. The van der Waals surface area contributed by atoms with Crippen LogP contribution in [0.4, 0.5) is 0 Å². The summed E-state index contributed by atoms with van der Waals surface area (Å²) in [5, 5.41) is 2.86. The topological polar surface area (TPSA) is 58.6 Å². The van der Waals surface area contributed by atoms with Gasteiger partial charge in [0.2, 0.25) is 5.91 Å². The zero-order valence-corrected chi connectivity index (χ0v) is 13.0. The fourth-order valence-electron chi connectivity index (χ4n) is 2.31. The van der Waals surface area contributed by atoms with Gasteiger partial charge in [-0.15, -0.1) is 0 Å². The highest BCUT2D eigenvalue weighted by Crippen LogP contribution is 2.21. The van der Waals surface area contributed by atoms with Crippen molar-refractivity contribution in [2.24, 2.45) is 5.92 Å². The number of hydrogen-bond donors (Lipinski definition) is 1. The molecule has 1 N–H and O–H groups in total. The summed E-state index contributed by atoms with van der Waals surface area (Å²) in [5.74, 6) is 0.364. The predicted octanol–water partition coefficient (Wildman–Crippen LogP) is 1.07. The van der Waals surface area contributed by atoms with Crippen LogP contribution in [-0.4, -0.2) is 56.5 Å². The number of amides is 1. The normalized spacial score (nSPS) is 15.7. The minimum atomic E-state index is -0.252. The molecule has 0 radical (unpaired) electrons. The maximum atomic E-state index is 12.0. The van der Waals surface area contributed by atoms with E-state index in [1.54, 1.807) is 33.0 Å². The van der Waals surface area contributed by atoms with Crippen molar-refractivity contribution in [1.29, 1.82) is 0 Å². The Hall–Kier alpha value is -0.940. The molecule has 0 rings (SSSR count). The lowest BCUT2D eigenvalue weighted by Crippen LogP contribution is -2.51. The number of nitrogens with one attached hydrogen (secondary N) is 1. The quantitative estimate of drug-likeness (QED) is 0.682. The van der Waals surface area contributed by atoms with Crippen LogP contribution < -0.4 is 5.32 Å². The van der Waals surface area contributed by atoms with Gasteiger partial charge in [0.1, 0.15) is 5.78 Å². The van der Waals surface area contributed by atoms with Gasteiger partial charge in [-0.1, -0.05) is 20.3 Å². The van der Waals surface area contributed by atoms with Crippen molar-refractivity contribution in [2.75, 3.05) is 27.7 Å². The second-order valence-electron chi connectivity index (χ2n) is 5.09. The molecular weight excluding hydrogens is 244 g/mol. The molecule has 3 atom stereocenters. The van der Waals surface area contributed by atoms with Gasteiger partial charge in [0.05, 0.1) is 18.7 Å². The van der Waals surface area contributed by atoms with E-state index in [0.717, 1.165) is 6.42 Å². The standard InChI is InChI=1S/C14H28N2O3/c1-7-10(2)14(12(19-6)8-11(3)17)16(5)13(18)9-15-4/h10,12,14-15H,7-9H2,1-6H3. The Bertz CT molecular complexity index is 294. The van der Waals surface area contributed by atoms with Gasteiger partial charge in [0.15, 0.2) is 0 Å². The summed E-state index contributed by atoms with van der Waals surface area (Å²) in [6.45, 7) is 6.00. The van der Waals surface area contributed by atoms with Crippen molar-refractivity contribution in [3.63, 3.8) is 0 Å². The number of carbonyl (C=O) groups is 2. The third-order valence-corrected chi connectivity index (χ3v) is 3.57. The van der Waals surface area contributed by atoms with Gasteiger partial charge in [-0.2, -0.15) is 0 Å². The first-order valence-corrected chi connectivity index (χ1v) is 6.81. The number of methoxy groups -OCH3 is 1. The van der Waals surface area contributed by atoms with Crippen LogP contribution in [0, 0.1) is 5.92 Å². The van der Waals surface area contributed by atoms with Crippen LogP contribution in [0.1, 0.15) is 33.6 Å². The predicted molar refractivity (Wildman–Crippen MR) is 76.0 cm³/mol. The Morgan fingerprint density at radius 2 is 1.95 bits per heavy atom. The molecular formula is C14H28N2O3. The van der Waals surface area contributed by atoms with E-state index in [1.165, 1.54) is 0 Å². The lowest BCUT2D eigenvalue weighted by molar-refractivity contribution is -0.137. The number of ether oxygens (including phenoxy) is 1. The van der Waals surface area contributed by atoms with Crippen LogP contribution >= 0.6 is 0 Å². The summed E-state index contributed by atoms with van der Waals surface area (Å²) in [5.41, 5.74) is 0. The van der Waals surface area contributed by atoms with Gasteiger partial charge in [0.25, 0.3) is 0 Å². The molecule has 5 heteroatoms. The maximum absolute atomic E-state index is 12.0. The number of likely N-dealkylation sites (N-methyl/N-ethyl adjacent to an activating group) is 2. The van der Waals surface area contributed by atoms with Crippen LogP contribution in [0.15, 0.2) is 0 Å². The van der Waals surface area contributed by atoms with Crippen molar-refractivity contribution in [3.8, 4) is 0 Å². The minimum Gasteiger partial charge on any atom is -0.379 e. The summed E-state index contributed by atoms with van der Waals surface area (Å²) in [7, 11) is 5.12. The molecule has 3 unspecified atom stereocenters. The van der Waals surface area contributed by atoms with Crippen LogP contribution in [0.3, 0.4) is 0 Å². The second-order valence-corrected chi connectivity index (χ2v) is 5.09. The molecule has 0 aliphatic carbocycles. The highest BCUT2D eigenvalue weighted by atomic mass is 16.5. The van der Waals surface area contributed by atoms with E-state index >= 15 is 0 Å². The molecule has 0 saturated heterocycles. The number of nitrogens with zero attached hydrogens (tertiary/aromatic N) is 1. The van der Waals surface area contributed by atoms with Gasteiger partial charge in [-0.25, -0.2) is 0 Å². The number of rotatable bonds is 9. The van der Waals surface area contributed by atoms with Crippen LogP contribution in [-0.2, 0) is 14.3 Å². The molecule has 0 saturated carbocycles. The van der Waals surface area contributed by atoms with Crippen LogP contribution in [0.2, 0.25) is 0 Å². The molecule has 0 aromatic heterocycles. The van der Waals surface area contributed by atoms with E-state index in [1.807, 2.05) is 0 Å². The van der Waals surface area contributed by atoms with Gasteiger partial charge in [0, 0.05) is 20.6 Å². The molecule has 0 heterocycles. The van der Waals surface area contributed by atoms with Crippen molar-refractivity contribution in [1.82, 2.24) is 10.2 Å². The molecule has 0 aliphatic rings. The largest absolute Gasteiger partial charge is 0.379 e. The average molecular weight is 272 g/mol. The zero-order valence-electron chi connectivity index (χ0n) is 13.0. The Labute approximate surface area is 116 Å². The minimum absolute atomic E-state index is 0.0124. The Morgan fingerprint density at radius 1 is 1.37 bits per heavy atom. The van der Waals surface area contributed by atoms with Crippen molar-refractivity contribution in [3.05, 3.63) is 0 Å². The van der Waals surface area contributed by atoms with Crippen molar-refractivity contribution >= 4 is 11.7 Å².